The molecule has 0 amide bonds. The lowest BCUT2D eigenvalue weighted by molar-refractivity contribution is 0.324. The van der Waals surface area contributed by atoms with Crippen molar-refractivity contribution in [3.05, 3.63) is 35.9 Å². The molecule has 0 unspecified atom stereocenters. The molecule has 0 aliphatic rings. The number of methoxy groups -OCH3 is 4. The van der Waals surface area contributed by atoms with Crippen LogP contribution in [0.15, 0.2) is 35.3 Å². The van der Waals surface area contributed by atoms with Crippen LogP contribution in [0.25, 0.3) is 0 Å². The normalized spacial score (nSPS) is 10.6. The summed E-state index contributed by atoms with van der Waals surface area (Å²) in [6, 6.07) is 8.51. The van der Waals surface area contributed by atoms with Crippen LogP contribution in [0, 0.1) is 0 Å². The smallest absolute Gasteiger partial charge is 0.203 e. The Kier molecular flexibility index (Phi) is 5.30. The molecule has 0 fully saturated rings. The molecule has 0 bridgehead atoms. The van der Waals surface area contributed by atoms with Gasteiger partial charge < -0.3 is 24.1 Å². The zero-order chi connectivity index (χ0) is 16.8. The third-order valence-electron chi connectivity index (χ3n) is 3.22. The van der Waals surface area contributed by atoms with E-state index in [0.717, 1.165) is 5.56 Å². The first kappa shape index (κ1) is 16.5. The largest absolute Gasteiger partial charge is 0.504 e. The van der Waals surface area contributed by atoms with Crippen molar-refractivity contribution in [2.24, 2.45) is 4.99 Å². The molecule has 0 aliphatic carbocycles. The second kappa shape index (κ2) is 7.40. The molecule has 0 aromatic heterocycles. The summed E-state index contributed by atoms with van der Waals surface area (Å²) >= 11 is 0. The lowest BCUT2D eigenvalue weighted by Crippen LogP contribution is -1.94. The van der Waals surface area contributed by atoms with Gasteiger partial charge in [0.15, 0.2) is 23.0 Å². The highest BCUT2D eigenvalue weighted by atomic mass is 16.5. The van der Waals surface area contributed by atoms with Gasteiger partial charge in [-0.05, 0) is 23.8 Å². The van der Waals surface area contributed by atoms with Gasteiger partial charge in [-0.15, -0.1) is 0 Å². The predicted octanol–water partition coefficient (Wildman–Crippen LogP) is 3.18. The Morgan fingerprint density at radius 1 is 0.826 bits per heavy atom. The van der Waals surface area contributed by atoms with Crippen LogP contribution in [-0.2, 0) is 0 Å². The maximum Gasteiger partial charge on any atom is 0.203 e. The van der Waals surface area contributed by atoms with E-state index >= 15 is 0 Å². The molecule has 0 saturated heterocycles. The molecule has 6 heteroatoms. The zero-order valence-electron chi connectivity index (χ0n) is 13.5. The van der Waals surface area contributed by atoms with Crippen molar-refractivity contribution in [1.82, 2.24) is 0 Å². The van der Waals surface area contributed by atoms with E-state index in [0.29, 0.717) is 28.7 Å². The summed E-state index contributed by atoms with van der Waals surface area (Å²) in [5.41, 5.74) is 1.37. The third kappa shape index (κ3) is 3.66. The standard InChI is InChI=1S/C17H19NO5/c1-20-14-6-5-11(7-13(14)19)10-18-12-8-15(21-2)17(23-4)16(9-12)22-3/h5-10,19H,1-4H3. The van der Waals surface area contributed by atoms with Gasteiger partial charge in [0, 0.05) is 18.3 Å². The van der Waals surface area contributed by atoms with Crippen molar-refractivity contribution in [2.45, 2.75) is 0 Å². The summed E-state index contributed by atoms with van der Waals surface area (Å²) in [7, 11) is 6.14. The lowest BCUT2D eigenvalue weighted by Gasteiger charge is -2.12. The van der Waals surface area contributed by atoms with Crippen molar-refractivity contribution < 1.29 is 24.1 Å². The van der Waals surface area contributed by atoms with Gasteiger partial charge in [-0.3, -0.25) is 4.99 Å². The highest BCUT2D eigenvalue weighted by Gasteiger charge is 2.12. The van der Waals surface area contributed by atoms with E-state index in [9.17, 15) is 5.11 Å². The average Bonchev–Trinajstić information content (AvgIpc) is 2.58. The van der Waals surface area contributed by atoms with Crippen LogP contribution in [-0.4, -0.2) is 39.8 Å². The van der Waals surface area contributed by atoms with Crippen LogP contribution in [0.3, 0.4) is 0 Å². The average molecular weight is 317 g/mol. The Morgan fingerprint density at radius 3 is 1.91 bits per heavy atom. The molecule has 0 heterocycles. The molecule has 0 saturated carbocycles. The summed E-state index contributed by atoms with van der Waals surface area (Å²) in [6.07, 6.45) is 1.62. The summed E-state index contributed by atoms with van der Waals surface area (Å²) in [4.78, 5) is 4.37. The number of benzene rings is 2. The highest BCUT2D eigenvalue weighted by Crippen LogP contribution is 2.40. The Balaban J connectivity index is 2.34. The first-order valence-electron chi connectivity index (χ1n) is 6.84. The van der Waals surface area contributed by atoms with Crippen molar-refractivity contribution in [3.63, 3.8) is 0 Å². The molecule has 6 nitrogen and oxygen atoms in total. The number of hydrogen-bond donors (Lipinski definition) is 1. The quantitative estimate of drug-likeness (QED) is 0.829. The van der Waals surface area contributed by atoms with Crippen LogP contribution in [0.1, 0.15) is 5.56 Å². The Hall–Kier alpha value is -2.89. The minimum Gasteiger partial charge on any atom is -0.504 e. The Morgan fingerprint density at radius 2 is 1.43 bits per heavy atom. The maximum atomic E-state index is 9.78. The van der Waals surface area contributed by atoms with Gasteiger partial charge in [-0.1, -0.05) is 0 Å². The maximum absolute atomic E-state index is 9.78. The van der Waals surface area contributed by atoms with Gasteiger partial charge in [-0.25, -0.2) is 0 Å². The van der Waals surface area contributed by atoms with E-state index in [2.05, 4.69) is 4.99 Å². The summed E-state index contributed by atoms with van der Waals surface area (Å²) in [6.45, 7) is 0. The number of phenolic OH excluding ortho intramolecular Hbond substituents is 1. The van der Waals surface area contributed by atoms with E-state index in [1.807, 2.05) is 0 Å². The molecule has 1 N–H and O–H groups in total. The van der Waals surface area contributed by atoms with Crippen LogP contribution < -0.4 is 18.9 Å². The second-order valence-electron chi connectivity index (χ2n) is 4.57. The van der Waals surface area contributed by atoms with Crippen molar-refractivity contribution in [3.8, 4) is 28.7 Å². The van der Waals surface area contributed by atoms with E-state index in [-0.39, 0.29) is 5.75 Å². The van der Waals surface area contributed by atoms with E-state index in [1.54, 1.807) is 57.9 Å². The van der Waals surface area contributed by atoms with Crippen LogP contribution in [0.4, 0.5) is 5.69 Å². The minimum atomic E-state index is 0.0568. The number of ether oxygens (including phenoxy) is 4. The molecule has 0 aliphatic heterocycles. The van der Waals surface area contributed by atoms with Crippen LogP contribution >= 0.6 is 0 Å². The molecule has 122 valence electrons. The van der Waals surface area contributed by atoms with Gasteiger partial charge in [0.25, 0.3) is 0 Å². The predicted molar refractivity (Wildman–Crippen MR) is 88.0 cm³/mol. The molecular weight excluding hydrogens is 298 g/mol. The molecular formula is C17H19NO5. The van der Waals surface area contributed by atoms with E-state index in [4.69, 9.17) is 18.9 Å². The number of aliphatic imine (C=N–C) groups is 1. The lowest BCUT2D eigenvalue weighted by atomic mass is 10.2. The summed E-state index contributed by atoms with van der Waals surface area (Å²) < 4.78 is 20.8. The first-order chi connectivity index (χ1) is 11.1. The number of phenols is 1. The number of nitrogens with zero attached hydrogens (tertiary/aromatic N) is 1. The molecule has 23 heavy (non-hydrogen) atoms. The fraction of sp³-hybridized carbons (Fsp3) is 0.235. The van der Waals surface area contributed by atoms with Gasteiger partial charge in [0.1, 0.15) is 0 Å². The topological polar surface area (TPSA) is 69.5 Å². The van der Waals surface area contributed by atoms with Crippen molar-refractivity contribution in [2.75, 3.05) is 28.4 Å². The Bertz CT molecular complexity index is 687. The van der Waals surface area contributed by atoms with Gasteiger partial charge in [0.05, 0.1) is 34.1 Å². The van der Waals surface area contributed by atoms with Crippen molar-refractivity contribution in [1.29, 1.82) is 0 Å². The molecule has 0 radical (unpaired) electrons. The number of aromatic hydroxyl groups is 1. The fourth-order valence-corrected chi connectivity index (χ4v) is 2.08. The molecule has 2 rings (SSSR count). The van der Waals surface area contributed by atoms with Crippen LogP contribution in [0.2, 0.25) is 0 Å². The molecule has 2 aromatic carbocycles. The zero-order valence-corrected chi connectivity index (χ0v) is 13.5. The fourth-order valence-electron chi connectivity index (χ4n) is 2.08. The summed E-state index contributed by atoms with van der Waals surface area (Å²) in [5, 5.41) is 9.78. The van der Waals surface area contributed by atoms with E-state index < -0.39 is 0 Å². The van der Waals surface area contributed by atoms with Gasteiger partial charge >= 0.3 is 0 Å². The Labute approximate surface area is 134 Å². The minimum absolute atomic E-state index is 0.0568. The molecule has 2 aromatic rings. The molecule has 0 spiro atoms. The van der Waals surface area contributed by atoms with Crippen molar-refractivity contribution >= 4 is 11.9 Å². The monoisotopic (exact) mass is 317 g/mol. The third-order valence-corrected chi connectivity index (χ3v) is 3.22. The number of rotatable bonds is 6. The van der Waals surface area contributed by atoms with Gasteiger partial charge in [0.2, 0.25) is 5.75 Å². The summed E-state index contributed by atoms with van der Waals surface area (Å²) in [5.74, 6) is 2.03. The second-order valence-corrected chi connectivity index (χ2v) is 4.57. The first-order valence-corrected chi connectivity index (χ1v) is 6.84. The highest BCUT2D eigenvalue weighted by molar-refractivity contribution is 5.83. The SMILES string of the molecule is COc1ccc(C=Nc2cc(OC)c(OC)c(OC)c2)cc1O. The van der Waals surface area contributed by atoms with E-state index in [1.165, 1.54) is 7.11 Å². The van der Waals surface area contributed by atoms with Gasteiger partial charge in [-0.2, -0.15) is 0 Å². The number of hydrogen-bond acceptors (Lipinski definition) is 6. The van der Waals surface area contributed by atoms with Crippen LogP contribution in [0.5, 0.6) is 28.7 Å². The molecule has 0 atom stereocenters.